The van der Waals surface area contributed by atoms with Gasteiger partial charge in [-0.2, -0.15) is 25.5 Å². The lowest BCUT2D eigenvalue weighted by molar-refractivity contribution is 0.313. The van der Waals surface area contributed by atoms with Gasteiger partial charge in [-0.15, -0.1) is 0 Å². The number of nitrogens with one attached hydrogen (secondary N) is 2. The van der Waals surface area contributed by atoms with Crippen molar-refractivity contribution in [1.82, 2.24) is 140 Å². The van der Waals surface area contributed by atoms with E-state index in [1.807, 2.05) is 206 Å². The van der Waals surface area contributed by atoms with E-state index in [2.05, 4.69) is 157 Å². The molecule has 0 bridgehead atoms. The molecule has 149 heavy (non-hydrogen) atoms. The highest BCUT2D eigenvalue weighted by atomic mass is 16.1. The van der Waals surface area contributed by atoms with Crippen LogP contribution >= 0.6 is 0 Å². The Labute approximate surface area is 860 Å². The number of aromatic nitrogens is 24. The number of hydrogen-bond acceptors (Lipinski definition) is 27. The highest BCUT2D eigenvalue weighted by Gasteiger charge is 2.41. The molecular weight excluding hydrogens is 1870 g/mol. The quantitative estimate of drug-likeness (QED) is 0.0855. The van der Waals surface area contributed by atoms with E-state index in [-0.39, 0.29) is 27.8 Å². The highest BCUT2D eigenvalue weighted by molar-refractivity contribution is 5.87. The van der Waals surface area contributed by atoms with Gasteiger partial charge in [-0.1, -0.05) is 25.5 Å². The first kappa shape index (κ1) is 99.2. The minimum Gasteiger partial charge on any atom is -0.370 e. The molecule has 5 aliphatic rings. The zero-order valence-electron chi connectivity index (χ0n) is 87.3. The Hall–Kier alpha value is -15.8. The first-order chi connectivity index (χ1) is 71.9. The summed E-state index contributed by atoms with van der Waals surface area (Å²) in [6, 6.07) is 39.8. The number of rotatable bonds is 17. The van der Waals surface area contributed by atoms with Crippen molar-refractivity contribution in [3.8, 4) is 56.8 Å². The first-order valence-electron chi connectivity index (χ1n) is 51.5. The third-order valence-corrected chi connectivity index (χ3v) is 29.2. The van der Waals surface area contributed by atoms with Gasteiger partial charge in [0.25, 0.3) is 27.8 Å². The van der Waals surface area contributed by atoms with Gasteiger partial charge in [-0.25, -0.2) is 43.0 Å². The summed E-state index contributed by atoms with van der Waals surface area (Å²) in [7, 11) is 12.4. The van der Waals surface area contributed by atoms with Crippen LogP contribution in [-0.2, 0) is 19.9 Å². The predicted octanol–water partition coefficient (Wildman–Crippen LogP) is 12.6. The lowest BCUT2D eigenvalue weighted by Gasteiger charge is -2.34. The van der Waals surface area contributed by atoms with Crippen LogP contribution in [0.2, 0.25) is 0 Å². The van der Waals surface area contributed by atoms with Crippen LogP contribution in [0.5, 0.6) is 0 Å². The number of likely N-dealkylation sites (N-methyl/N-ethyl adjacent to an activating group) is 1. The molecule has 764 valence electrons. The standard InChI is InChI=1S/C23H25N7O.C23H27N7O.C23H26N6O.C22H24N6O.C21H24N6O/c1-15-11-30-20(16(2)25-15)9-19(27-30)18-10-22(31)29-12-17(3-4-21(29)26-18)28-8-6-23(14-28)5-7-24-13-23;1-15-11-30-21(16(2)24-15)9-20(26-30)19-10-23(31)29-14-18(5-6-22(29)25-19)28-8-7-17(13-28)12-27(3)4;1-3-4-18-21-11-20(27-29(21)13-15(2)25-18)19-12-23(30)28-14-17(5-6-22(28)26-19)16-7-9-24-10-8-16;1-15-10-16(11-17-13-26(3)24-22(15)17)19-12-21(29)28-14-18(4-5-20(28)23-19)27-8-6-25(2)7-9-27;1-14-12-27-19(15(2)22-14)10-18(24-27)17-11-21(28)26-13-16(6-5-9-25(3)4)7-8-20(26)23-17/h3-4,9-12,24H,5-8,13-14H2,1-2H3;5-6,9-11,14,17H,7-8,12-13H2,1-4H3;5-6,11-14,16,24H,3-4,7-10H2,1-2H3;4-5,10-14H,6-9H2,1-3H3;7-8,10-13H,5-6,9H2,1-4H3/t;17-;;;/m.0.../s1. The molecule has 19 aromatic heterocycles. The minimum absolute atomic E-state index is 0.0649. The van der Waals surface area contributed by atoms with Crippen molar-refractivity contribution in [2.45, 2.75) is 126 Å². The molecular formula is C112H126N32O5. The Morgan fingerprint density at radius 1 is 0.389 bits per heavy atom. The first-order valence-corrected chi connectivity index (χ1v) is 51.5. The monoisotopic (exact) mass is 2000 g/mol. The van der Waals surface area contributed by atoms with Gasteiger partial charge >= 0.3 is 0 Å². The van der Waals surface area contributed by atoms with Gasteiger partial charge in [0.1, 0.15) is 51.0 Å². The van der Waals surface area contributed by atoms with Crippen LogP contribution in [0.15, 0.2) is 213 Å². The molecule has 20 aromatic rings. The van der Waals surface area contributed by atoms with Crippen LogP contribution in [0, 0.1) is 66.7 Å². The van der Waals surface area contributed by atoms with E-state index >= 15 is 0 Å². The summed E-state index contributed by atoms with van der Waals surface area (Å²) in [6.07, 6.45) is 28.8. The molecule has 2 N–H and O–H groups in total. The number of benzene rings is 1. The molecule has 1 spiro atoms. The van der Waals surface area contributed by atoms with Crippen molar-refractivity contribution in [2.75, 3.05) is 142 Å². The lowest BCUT2D eigenvalue weighted by atomic mass is 9.86. The van der Waals surface area contributed by atoms with Crippen molar-refractivity contribution >= 4 is 78.3 Å². The van der Waals surface area contributed by atoms with Crippen molar-refractivity contribution < 1.29 is 0 Å². The molecule has 0 saturated carbocycles. The Balaban J connectivity index is 0.000000109. The molecule has 2 atom stereocenters. The fraction of sp³-hybridized carbons (Fsp3) is 0.366. The molecule has 0 amide bonds. The van der Waals surface area contributed by atoms with E-state index in [4.69, 9.17) is 19.9 Å². The summed E-state index contributed by atoms with van der Waals surface area (Å²) in [5.74, 6) is 1.15. The fourth-order valence-corrected chi connectivity index (χ4v) is 21.6. The predicted molar refractivity (Wildman–Crippen MR) is 584 cm³/mol. The third-order valence-electron chi connectivity index (χ3n) is 29.2. The summed E-state index contributed by atoms with van der Waals surface area (Å²) in [4.78, 5) is 120. The van der Waals surface area contributed by atoms with Gasteiger partial charge in [0, 0.05) is 156 Å². The maximum atomic E-state index is 13.0. The lowest BCUT2D eigenvalue weighted by Crippen LogP contribution is -2.44. The number of anilines is 3. The van der Waals surface area contributed by atoms with Crippen LogP contribution in [0.25, 0.3) is 118 Å². The zero-order valence-corrected chi connectivity index (χ0v) is 87.3. The zero-order chi connectivity index (χ0) is 103. The molecule has 37 nitrogen and oxygen atoms in total. The molecule has 5 fully saturated rings. The van der Waals surface area contributed by atoms with Gasteiger partial charge in [0.2, 0.25) is 0 Å². The third kappa shape index (κ3) is 21.2. The van der Waals surface area contributed by atoms with Crippen molar-refractivity contribution in [2.24, 2.45) is 18.4 Å². The number of piperidine rings is 1. The van der Waals surface area contributed by atoms with Crippen molar-refractivity contribution in [3.63, 3.8) is 0 Å². The molecule has 1 unspecified atom stereocenters. The molecule has 5 aliphatic heterocycles. The summed E-state index contributed by atoms with van der Waals surface area (Å²) < 4.78 is 17.3. The normalized spacial score (nSPS) is 16.2. The van der Waals surface area contributed by atoms with Gasteiger partial charge in [0.15, 0.2) is 0 Å². The van der Waals surface area contributed by atoms with E-state index in [0.717, 1.165) is 242 Å². The Bertz CT molecular complexity index is 8860. The van der Waals surface area contributed by atoms with E-state index in [9.17, 15) is 24.0 Å². The van der Waals surface area contributed by atoms with Crippen LogP contribution in [-0.4, -0.2) is 257 Å². The maximum Gasteiger partial charge on any atom is 0.258 e. The van der Waals surface area contributed by atoms with Crippen molar-refractivity contribution in [1.29, 1.82) is 0 Å². The van der Waals surface area contributed by atoms with E-state index in [0.29, 0.717) is 96.7 Å². The highest BCUT2D eigenvalue weighted by Crippen LogP contribution is 2.39. The van der Waals surface area contributed by atoms with Crippen LogP contribution in [0.3, 0.4) is 0 Å². The average Bonchev–Trinajstić information content (AvgIpc) is 0.941. The topological polar surface area (TPSA) is 354 Å². The number of hydrogen-bond donors (Lipinski definition) is 2. The summed E-state index contributed by atoms with van der Waals surface area (Å²) in [5, 5.41) is 31.0. The molecule has 24 heterocycles. The van der Waals surface area contributed by atoms with Crippen LogP contribution in [0.4, 0.5) is 17.1 Å². The second kappa shape index (κ2) is 41.5. The second-order valence-electron chi connectivity index (χ2n) is 41.3. The van der Waals surface area contributed by atoms with Gasteiger partial charge < -0.3 is 40.0 Å². The molecule has 5 saturated heterocycles. The Morgan fingerprint density at radius 3 is 1.34 bits per heavy atom. The minimum atomic E-state index is -0.103. The van der Waals surface area contributed by atoms with E-state index in [1.165, 1.54) is 24.8 Å². The number of aryl methyl sites for hydroxylation is 11. The largest absolute Gasteiger partial charge is 0.370 e. The maximum absolute atomic E-state index is 13.0. The molecule has 1 aromatic carbocycles. The van der Waals surface area contributed by atoms with Gasteiger partial charge in [-0.3, -0.25) is 70.6 Å². The SMILES string of the molecule is CCCc1nc(C)cn2nc(-c3cc(=O)n4cc(C5CCNCC5)ccc4n3)cc12.Cc1cc(-c2cc(=O)n3cc(N4CCN(C)CC4)ccc3n2)cc2cn(C)nc12.Cc1cn2nc(-c3cc(=O)n4cc(CCCN(C)C)ccc4n3)cc2c(C)n1.Cc1cn2nc(-c3cc(=O)n4cc(N5CCC6(CCNC6)C5)ccc4n3)cc2c(C)n1.Cc1cn2nc(-c3cc(=O)n4cc(N5CC[C@@H](CN(C)C)C5)ccc4n3)cc2c(C)n1. The number of pyridine rings is 5. The van der Waals surface area contributed by atoms with E-state index in [1.54, 1.807) is 65.9 Å². The number of nitrogens with zero attached hydrogens (tertiary/aromatic N) is 30. The Kier molecular flexibility index (Phi) is 27.6. The van der Waals surface area contributed by atoms with Gasteiger partial charge in [0.05, 0.1) is 143 Å². The second-order valence-corrected chi connectivity index (χ2v) is 41.3. The van der Waals surface area contributed by atoms with Crippen molar-refractivity contribution in [3.05, 3.63) is 303 Å². The molecule has 0 radical (unpaired) electrons. The van der Waals surface area contributed by atoms with Crippen LogP contribution in [0.1, 0.15) is 120 Å². The van der Waals surface area contributed by atoms with Gasteiger partial charge in [-0.05, 0) is 282 Å². The average molecular weight is 2000 g/mol. The van der Waals surface area contributed by atoms with E-state index < -0.39 is 0 Å². The number of piperazine rings is 1. The molecule has 25 rings (SSSR count). The van der Waals surface area contributed by atoms with Crippen LogP contribution < -0.4 is 53.1 Å². The smallest absolute Gasteiger partial charge is 0.258 e. The summed E-state index contributed by atoms with van der Waals surface area (Å²) in [5.41, 5.74) is 28.5. The molecule has 37 heteroatoms. The molecule has 0 aliphatic carbocycles. The Morgan fingerprint density at radius 2 is 0.846 bits per heavy atom. The summed E-state index contributed by atoms with van der Waals surface area (Å²) in [6.45, 7) is 32.3. The summed E-state index contributed by atoms with van der Waals surface area (Å²) >= 11 is 0. The fourth-order valence-electron chi connectivity index (χ4n) is 21.6. The number of fused-ring (bicyclic) bond motifs is 10.